The van der Waals surface area contributed by atoms with Crippen LogP contribution in [0.25, 0.3) is 0 Å². The van der Waals surface area contributed by atoms with Crippen molar-refractivity contribution < 1.29 is 9.47 Å². The summed E-state index contributed by atoms with van der Waals surface area (Å²) < 4.78 is 11.2. The molecule has 0 radical (unpaired) electrons. The highest BCUT2D eigenvalue weighted by atomic mass is 35.5. The number of halogens is 1. The molecule has 2 rings (SSSR count). The van der Waals surface area contributed by atoms with Crippen molar-refractivity contribution in [3.8, 4) is 5.75 Å². The van der Waals surface area contributed by atoms with Gasteiger partial charge in [0, 0.05) is 23.6 Å². The fourth-order valence-corrected chi connectivity index (χ4v) is 2.09. The fourth-order valence-electron chi connectivity index (χ4n) is 1.86. The molecule has 1 heterocycles. The molecule has 0 saturated carbocycles. The van der Waals surface area contributed by atoms with E-state index >= 15 is 0 Å². The number of nitrogens with one attached hydrogen (secondary N) is 1. The van der Waals surface area contributed by atoms with Crippen molar-refractivity contribution in [1.29, 1.82) is 0 Å². The lowest BCUT2D eigenvalue weighted by molar-refractivity contribution is 0.140. The van der Waals surface area contributed by atoms with Crippen molar-refractivity contribution in [2.45, 2.75) is 26.0 Å². The molecule has 1 aromatic carbocycles. The van der Waals surface area contributed by atoms with Gasteiger partial charge in [-0.05, 0) is 18.7 Å². The molecule has 1 unspecified atom stereocenters. The van der Waals surface area contributed by atoms with Crippen molar-refractivity contribution in [1.82, 2.24) is 5.32 Å². The number of rotatable bonds is 5. The predicted molar refractivity (Wildman–Crippen MR) is 68.7 cm³/mol. The van der Waals surface area contributed by atoms with Crippen LogP contribution in [0.1, 0.15) is 18.9 Å². The zero-order valence-corrected chi connectivity index (χ0v) is 10.8. The van der Waals surface area contributed by atoms with E-state index in [0.29, 0.717) is 6.61 Å². The van der Waals surface area contributed by atoms with Crippen molar-refractivity contribution in [3.63, 3.8) is 0 Å². The number of benzene rings is 1. The maximum absolute atomic E-state index is 6.20. The van der Waals surface area contributed by atoms with Gasteiger partial charge >= 0.3 is 0 Å². The van der Waals surface area contributed by atoms with Crippen LogP contribution in [0.5, 0.6) is 5.75 Å². The van der Waals surface area contributed by atoms with Crippen molar-refractivity contribution >= 4 is 11.6 Å². The number of hydrogen-bond donors (Lipinski definition) is 1. The highest BCUT2D eigenvalue weighted by molar-refractivity contribution is 6.31. The summed E-state index contributed by atoms with van der Waals surface area (Å²) in [7, 11) is 0. The second-order valence-corrected chi connectivity index (χ2v) is 4.51. The monoisotopic (exact) mass is 255 g/mol. The lowest BCUT2D eigenvalue weighted by Gasteiger charge is -2.16. The lowest BCUT2D eigenvalue weighted by Crippen LogP contribution is -2.19. The second kappa shape index (κ2) is 6.24. The summed E-state index contributed by atoms with van der Waals surface area (Å²) in [6, 6.07) is 5.78. The summed E-state index contributed by atoms with van der Waals surface area (Å²) in [4.78, 5) is 0. The smallest absolute Gasteiger partial charge is 0.125 e. The first-order chi connectivity index (χ1) is 8.31. The van der Waals surface area contributed by atoms with Gasteiger partial charge in [-0.2, -0.15) is 0 Å². The summed E-state index contributed by atoms with van der Waals surface area (Å²) in [6.07, 6.45) is 1.11. The van der Waals surface area contributed by atoms with E-state index in [2.05, 4.69) is 12.2 Å². The Morgan fingerprint density at radius 1 is 1.53 bits per heavy atom. The largest absolute Gasteiger partial charge is 0.488 e. The predicted octanol–water partition coefficient (Wildman–Crippen LogP) is 2.62. The number of hydrogen-bond acceptors (Lipinski definition) is 3. The molecule has 1 fully saturated rings. The van der Waals surface area contributed by atoms with Crippen molar-refractivity contribution in [3.05, 3.63) is 28.8 Å². The van der Waals surface area contributed by atoms with Gasteiger partial charge in [0.1, 0.15) is 11.9 Å². The Balaban J connectivity index is 2.10. The van der Waals surface area contributed by atoms with Gasteiger partial charge in [-0.25, -0.2) is 0 Å². The van der Waals surface area contributed by atoms with E-state index in [4.69, 9.17) is 21.1 Å². The zero-order valence-electron chi connectivity index (χ0n) is 10.0. The van der Waals surface area contributed by atoms with Gasteiger partial charge < -0.3 is 14.8 Å². The molecule has 1 saturated heterocycles. The first-order valence-electron chi connectivity index (χ1n) is 6.03. The maximum atomic E-state index is 6.20. The summed E-state index contributed by atoms with van der Waals surface area (Å²) >= 11 is 6.20. The minimum atomic E-state index is 0.161. The molecular weight excluding hydrogens is 238 g/mol. The van der Waals surface area contributed by atoms with Crippen molar-refractivity contribution in [2.75, 3.05) is 19.8 Å². The second-order valence-electron chi connectivity index (χ2n) is 4.10. The molecule has 1 aromatic rings. The fraction of sp³-hybridized carbons (Fsp3) is 0.538. The molecule has 94 valence electrons. The molecule has 17 heavy (non-hydrogen) atoms. The van der Waals surface area contributed by atoms with Gasteiger partial charge in [-0.3, -0.25) is 0 Å². The molecule has 0 amide bonds. The van der Waals surface area contributed by atoms with E-state index in [1.165, 1.54) is 0 Å². The van der Waals surface area contributed by atoms with Gasteiger partial charge in [-0.1, -0.05) is 24.6 Å². The molecule has 1 aliphatic heterocycles. The summed E-state index contributed by atoms with van der Waals surface area (Å²) in [5, 5.41) is 4.03. The Bertz CT molecular complexity index is 364. The van der Waals surface area contributed by atoms with Gasteiger partial charge in [0.05, 0.1) is 13.2 Å². The SMILES string of the molecule is CCNCc1c(Cl)cccc1OC1CCOC1. The van der Waals surface area contributed by atoms with Crippen LogP contribution in [0.15, 0.2) is 18.2 Å². The molecule has 1 aliphatic rings. The van der Waals surface area contributed by atoms with Gasteiger partial charge in [-0.15, -0.1) is 0 Å². The molecule has 1 atom stereocenters. The molecule has 4 heteroatoms. The van der Waals surface area contributed by atoms with E-state index in [9.17, 15) is 0 Å². The van der Waals surface area contributed by atoms with Crippen LogP contribution in [0.2, 0.25) is 5.02 Å². The van der Waals surface area contributed by atoms with E-state index in [0.717, 1.165) is 42.5 Å². The van der Waals surface area contributed by atoms with Crippen LogP contribution in [0.3, 0.4) is 0 Å². The molecule has 1 N–H and O–H groups in total. The van der Waals surface area contributed by atoms with Crippen LogP contribution in [0, 0.1) is 0 Å². The Labute approximate surface area is 107 Å². The summed E-state index contributed by atoms with van der Waals surface area (Å²) in [5.74, 6) is 0.869. The maximum Gasteiger partial charge on any atom is 0.125 e. The zero-order chi connectivity index (χ0) is 12.1. The topological polar surface area (TPSA) is 30.5 Å². The van der Waals surface area contributed by atoms with Gasteiger partial charge in [0.2, 0.25) is 0 Å². The molecule has 3 nitrogen and oxygen atoms in total. The van der Waals surface area contributed by atoms with E-state index in [-0.39, 0.29) is 6.10 Å². The highest BCUT2D eigenvalue weighted by Crippen LogP contribution is 2.28. The Hall–Kier alpha value is -0.770. The third-order valence-corrected chi connectivity index (χ3v) is 3.16. The van der Waals surface area contributed by atoms with Crippen LogP contribution in [-0.2, 0) is 11.3 Å². The normalized spacial score (nSPS) is 19.5. The molecular formula is C13H18ClNO2. The summed E-state index contributed by atoms with van der Waals surface area (Å²) in [5.41, 5.74) is 1.03. The van der Waals surface area contributed by atoms with Crippen LogP contribution < -0.4 is 10.1 Å². The Morgan fingerprint density at radius 2 is 2.41 bits per heavy atom. The average molecular weight is 256 g/mol. The quantitative estimate of drug-likeness (QED) is 0.877. The minimum Gasteiger partial charge on any atom is -0.488 e. The summed E-state index contributed by atoms with van der Waals surface area (Å²) in [6.45, 7) is 5.18. The van der Waals surface area contributed by atoms with Gasteiger partial charge in [0.25, 0.3) is 0 Å². The van der Waals surface area contributed by atoms with E-state index < -0.39 is 0 Å². The van der Waals surface area contributed by atoms with Gasteiger partial charge in [0.15, 0.2) is 0 Å². The lowest BCUT2D eigenvalue weighted by atomic mass is 10.2. The highest BCUT2D eigenvalue weighted by Gasteiger charge is 2.19. The number of ether oxygens (including phenoxy) is 2. The third kappa shape index (κ3) is 3.35. The molecule has 0 spiro atoms. The molecule has 0 bridgehead atoms. The molecule has 0 aromatic heterocycles. The third-order valence-electron chi connectivity index (χ3n) is 2.81. The first-order valence-corrected chi connectivity index (χ1v) is 6.41. The molecule has 0 aliphatic carbocycles. The van der Waals surface area contributed by atoms with E-state index in [1.54, 1.807) is 0 Å². The van der Waals surface area contributed by atoms with Crippen molar-refractivity contribution in [2.24, 2.45) is 0 Å². The van der Waals surface area contributed by atoms with Crippen LogP contribution in [0.4, 0.5) is 0 Å². The standard InChI is InChI=1S/C13H18ClNO2/c1-2-15-8-11-12(14)4-3-5-13(11)17-10-6-7-16-9-10/h3-5,10,15H,2,6-9H2,1H3. The Morgan fingerprint density at radius 3 is 3.12 bits per heavy atom. The first kappa shape index (κ1) is 12.7. The minimum absolute atomic E-state index is 0.161. The average Bonchev–Trinajstić information content (AvgIpc) is 2.81. The van der Waals surface area contributed by atoms with E-state index in [1.807, 2.05) is 18.2 Å². The Kier molecular flexibility index (Phi) is 4.66. The van der Waals surface area contributed by atoms with Crippen LogP contribution in [-0.4, -0.2) is 25.9 Å². The van der Waals surface area contributed by atoms with Crippen LogP contribution >= 0.6 is 11.6 Å².